The van der Waals surface area contributed by atoms with Crippen molar-refractivity contribution in [1.82, 2.24) is 0 Å². The number of hydrogen-bond donors (Lipinski definition) is 0. The van der Waals surface area contributed by atoms with E-state index in [-0.39, 0.29) is 37.7 Å². The number of halogens is 2. The minimum atomic E-state index is -1.96. The zero-order chi connectivity index (χ0) is 27.6. The van der Waals surface area contributed by atoms with Crippen LogP contribution in [-0.4, -0.2) is 38.1 Å². The molecule has 1 heterocycles. The predicted octanol–water partition coefficient (Wildman–Crippen LogP) is 1.00. The van der Waals surface area contributed by atoms with E-state index in [0.29, 0.717) is 0 Å². The fourth-order valence-electron chi connectivity index (χ4n) is 4.44. The Morgan fingerprint density at radius 3 is 1.26 bits per heavy atom. The molecule has 6 aromatic rings. The molecule has 196 valence electrons. The van der Waals surface area contributed by atoms with Gasteiger partial charge in [-0.05, 0) is 0 Å². The quantitative estimate of drug-likeness (QED) is 0.186. The second-order valence-electron chi connectivity index (χ2n) is 8.83. The van der Waals surface area contributed by atoms with E-state index in [1.165, 1.54) is 11.1 Å². The summed E-state index contributed by atoms with van der Waals surface area (Å²) in [6.45, 7) is 0. The van der Waals surface area contributed by atoms with Gasteiger partial charge >= 0.3 is 228 Å². The third kappa shape index (κ3) is 9.37. The van der Waals surface area contributed by atoms with Gasteiger partial charge in [0.1, 0.15) is 0 Å². The third-order valence-corrected chi connectivity index (χ3v) is 18.1. The van der Waals surface area contributed by atoms with Gasteiger partial charge in [0.15, 0.2) is 0 Å². The van der Waals surface area contributed by atoms with Crippen LogP contribution in [0.2, 0.25) is 0 Å². The molecular formula is C36H26Cl2Li2Sb2. The summed E-state index contributed by atoms with van der Waals surface area (Å²) in [6, 6.07) is 60.9. The molecule has 0 atom stereocenters. The molecule has 7 rings (SSSR count). The topological polar surface area (TPSA) is 0 Å². The van der Waals surface area contributed by atoms with Crippen LogP contribution in [0.15, 0.2) is 158 Å². The Morgan fingerprint density at radius 2 is 0.857 bits per heavy atom. The maximum atomic E-state index is 5.75. The molecule has 0 nitrogen and oxygen atoms in total. The van der Waals surface area contributed by atoms with Crippen molar-refractivity contribution in [1.29, 1.82) is 0 Å². The third-order valence-electron chi connectivity index (χ3n) is 6.25. The molecule has 0 amide bonds. The first-order chi connectivity index (χ1) is 19.7. The monoisotopic (exact) mass is 784 g/mol. The molecule has 0 saturated carbocycles. The molecule has 1 aliphatic rings. The van der Waals surface area contributed by atoms with Crippen LogP contribution in [0.3, 0.4) is 0 Å². The SMILES string of the molecule is [Cl][Sb]([Cl])[c]1ccccc1.[Li+].[Li+].[c-]1ccccc1-c1[c-]cccc1.c1cc[c]([Sb]2[c]3ccccc3-c3cccc[c]32)cc1. The molecule has 0 aliphatic carbocycles. The molecule has 6 heteroatoms. The van der Waals surface area contributed by atoms with Gasteiger partial charge in [-0.3, -0.25) is 0 Å². The predicted molar refractivity (Wildman–Crippen MR) is 176 cm³/mol. The number of rotatable bonds is 3. The Balaban J connectivity index is 0.000000183. The summed E-state index contributed by atoms with van der Waals surface area (Å²) in [6.07, 6.45) is 0. The molecule has 6 aromatic carbocycles. The molecule has 0 unspecified atom stereocenters. The average Bonchev–Trinajstić information content (AvgIpc) is 3.38. The van der Waals surface area contributed by atoms with Gasteiger partial charge < -0.3 is 0 Å². The Kier molecular flexibility index (Phi) is 15.5. The fourth-order valence-corrected chi connectivity index (χ4v) is 14.6. The normalized spacial score (nSPS) is 10.8. The summed E-state index contributed by atoms with van der Waals surface area (Å²) >= 11 is -3.72. The number of hydrogen-bond acceptors (Lipinski definition) is 0. The summed E-state index contributed by atoms with van der Waals surface area (Å²) in [5, 5.41) is 0. The van der Waals surface area contributed by atoms with Crippen LogP contribution in [0.5, 0.6) is 0 Å². The van der Waals surface area contributed by atoms with Gasteiger partial charge in [-0.25, -0.2) is 11.1 Å². The zero-order valence-corrected chi connectivity index (χ0v) is 30.3. The van der Waals surface area contributed by atoms with Crippen LogP contribution < -0.4 is 51.8 Å². The summed E-state index contributed by atoms with van der Waals surface area (Å²) in [5.41, 5.74) is 5.12. The zero-order valence-electron chi connectivity index (χ0n) is 23.7. The Labute approximate surface area is 296 Å². The van der Waals surface area contributed by atoms with Crippen LogP contribution in [-0.2, 0) is 0 Å². The van der Waals surface area contributed by atoms with Gasteiger partial charge in [0.25, 0.3) is 0 Å². The Morgan fingerprint density at radius 1 is 0.452 bits per heavy atom. The number of benzene rings is 6. The van der Waals surface area contributed by atoms with Gasteiger partial charge in [-0.2, -0.15) is 48.5 Å². The van der Waals surface area contributed by atoms with Crippen LogP contribution >= 0.6 is 17.7 Å². The summed E-state index contributed by atoms with van der Waals surface area (Å²) in [4.78, 5) is 0. The summed E-state index contributed by atoms with van der Waals surface area (Å²) in [5.74, 6) is 0. The molecule has 0 spiro atoms. The van der Waals surface area contributed by atoms with Crippen molar-refractivity contribution < 1.29 is 37.7 Å². The first kappa shape index (κ1) is 35.2. The van der Waals surface area contributed by atoms with E-state index < -0.39 is 38.1 Å². The summed E-state index contributed by atoms with van der Waals surface area (Å²) < 4.78 is 5.91. The van der Waals surface area contributed by atoms with Gasteiger partial charge in [0, 0.05) is 0 Å². The molecule has 42 heavy (non-hydrogen) atoms. The van der Waals surface area contributed by atoms with E-state index in [9.17, 15) is 0 Å². The Hall–Kier alpha value is -1.27. The van der Waals surface area contributed by atoms with Gasteiger partial charge in [0.05, 0.1) is 0 Å². The van der Waals surface area contributed by atoms with Crippen LogP contribution in [0.4, 0.5) is 0 Å². The average molecular weight is 787 g/mol. The van der Waals surface area contributed by atoms with Gasteiger partial charge in [-0.15, -0.1) is 12.1 Å². The van der Waals surface area contributed by atoms with E-state index in [1.54, 1.807) is 10.5 Å². The first-order valence-electron chi connectivity index (χ1n) is 12.9. The Bertz CT molecular complexity index is 1540. The van der Waals surface area contributed by atoms with Gasteiger partial charge in [-0.1, -0.05) is 0 Å². The fraction of sp³-hybridized carbons (Fsp3) is 0. The van der Waals surface area contributed by atoms with E-state index in [4.69, 9.17) is 17.7 Å². The van der Waals surface area contributed by atoms with E-state index in [2.05, 4.69) is 91.0 Å². The second kappa shape index (κ2) is 18.5. The van der Waals surface area contributed by atoms with Crippen LogP contribution in [0.1, 0.15) is 0 Å². The van der Waals surface area contributed by atoms with Crippen molar-refractivity contribution >= 4 is 69.8 Å². The maximum absolute atomic E-state index is 5.75. The summed E-state index contributed by atoms with van der Waals surface area (Å²) in [7, 11) is 11.5. The van der Waals surface area contributed by atoms with Crippen LogP contribution in [0, 0.1) is 12.1 Å². The van der Waals surface area contributed by atoms with Gasteiger partial charge in [0.2, 0.25) is 0 Å². The standard InChI is InChI=1S/2C12H8.2C6H5.2ClH.2Li.2Sb/c2*1-3-7-11(8-4-1)12-9-5-2-6-10-12;2*1-2-4-6-5-3-1;;;;;;/h2*1-7,9H;2*1-5H;2*1H;;;;/q;-2;;;;;2*+1;;+2/p-2. The van der Waals surface area contributed by atoms with Crippen molar-refractivity contribution in [3.8, 4) is 22.3 Å². The molecule has 1 aliphatic heterocycles. The molecule has 0 N–H and O–H groups in total. The second-order valence-corrected chi connectivity index (χ2v) is 23.5. The van der Waals surface area contributed by atoms with Crippen molar-refractivity contribution in [2.45, 2.75) is 0 Å². The molecule has 0 radical (unpaired) electrons. The molecular weight excluding hydrogens is 761 g/mol. The number of fused-ring (bicyclic) bond motifs is 3. The van der Waals surface area contributed by atoms with Crippen LogP contribution in [0.25, 0.3) is 22.3 Å². The van der Waals surface area contributed by atoms with E-state index in [1.807, 2.05) is 78.9 Å². The van der Waals surface area contributed by atoms with E-state index in [0.717, 1.165) is 14.6 Å². The molecule has 0 saturated heterocycles. The molecule has 0 bridgehead atoms. The van der Waals surface area contributed by atoms with Crippen molar-refractivity contribution in [2.24, 2.45) is 0 Å². The van der Waals surface area contributed by atoms with Crippen molar-refractivity contribution in [2.75, 3.05) is 0 Å². The van der Waals surface area contributed by atoms with E-state index >= 15 is 0 Å². The minimum absolute atomic E-state index is 0. The molecule has 0 fully saturated rings. The van der Waals surface area contributed by atoms with Crippen molar-refractivity contribution in [3.63, 3.8) is 0 Å². The molecule has 0 aromatic heterocycles. The van der Waals surface area contributed by atoms with Crippen molar-refractivity contribution in [3.05, 3.63) is 170 Å². The first-order valence-corrected chi connectivity index (χ1v) is 24.4.